The topological polar surface area (TPSA) is 69.6 Å². The molecule has 20 heavy (non-hydrogen) atoms. The van der Waals surface area contributed by atoms with Gasteiger partial charge in [-0.15, -0.1) is 0 Å². The van der Waals surface area contributed by atoms with E-state index in [1.165, 1.54) is 37.0 Å². The molecule has 0 bridgehead atoms. The maximum Gasteiger partial charge on any atom is 0.317 e. The number of urea groups is 1. The monoisotopic (exact) mass is 284 g/mol. The lowest BCUT2D eigenvalue weighted by Gasteiger charge is -2.33. The molecule has 1 fully saturated rings. The molecule has 1 rings (SSSR count). The molecule has 1 saturated carbocycles. The SMILES string of the molecule is CC(NC(=O)N(C)CCC(=O)O)C(C)C1CCCCC1. The molecule has 1 aliphatic rings. The lowest BCUT2D eigenvalue weighted by molar-refractivity contribution is -0.137. The molecule has 2 N–H and O–H groups in total. The minimum atomic E-state index is -0.881. The van der Waals surface area contributed by atoms with Gasteiger partial charge in [-0.3, -0.25) is 4.79 Å². The van der Waals surface area contributed by atoms with Gasteiger partial charge in [-0.05, 0) is 18.8 Å². The standard InChI is InChI=1S/C15H28N2O3/c1-11(13-7-5-4-6-8-13)12(2)16-15(20)17(3)10-9-14(18)19/h11-13H,4-10H2,1-3H3,(H,16,20)(H,18,19). The zero-order valence-electron chi connectivity index (χ0n) is 12.9. The number of nitrogens with one attached hydrogen (secondary N) is 1. The summed E-state index contributed by atoms with van der Waals surface area (Å²) in [6, 6.07) is -0.0562. The van der Waals surface area contributed by atoms with E-state index in [9.17, 15) is 9.59 Å². The van der Waals surface area contributed by atoms with Gasteiger partial charge in [0.05, 0.1) is 6.42 Å². The van der Waals surface area contributed by atoms with Gasteiger partial charge in [0.25, 0.3) is 0 Å². The van der Waals surface area contributed by atoms with Crippen molar-refractivity contribution in [3.05, 3.63) is 0 Å². The van der Waals surface area contributed by atoms with Crippen LogP contribution in [0, 0.1) is 11.8 Å². The summed E-state index contributed by atoms with van der Waals surface area (Å²) in [4.78, 5) is 23.9. The number of rotatable bonds is 6. The van der Waals surface area contributed by atoms with Crippen LogP contribution in [0.5, 0.6) is 0 Å². The third-order valence-electron chi connectivity index (χ3n) is 4.54. The minimum absolute atomic E-state index is 0.0174. The molecular formula is C15H28N2O3. The molecule has 0 aromatic carbocycles. The Hall–Kier alpha value is -1.26. The van der Waals surface area contributed by atoms with Gasteiger partial charge in [0.2, 0.25) is 0 Å². The summed E-state index contributed by atoms with van der Waals surface area (Å²) >= 11 is 0. The van der Waals surface area contributed by atoms with Gasteiger partial charge in [0, 0.05) is 19.6 Å². The molecule has 0 aromatic heterocycles. The summed E-state index contributed by atoms with van der Waals surface area (Å²) < 4.78 is 0. The van der Waals surface area contributed by atoms with Crippen LogP contribution in [0.4, 0.5) is 4.79 Å². The molecule has 2 amide bonds. The van der Waals surface area contributed by atoms with E-state index in [0.29, 0.717) is 11.8 Å². The maximum absolute atomic E-state index is 12.0. The normalized spacial score (nSPS) is 19.1. The van der Waals surface area contributed by atoms with Crippen LogP contribution in [0.2, 0.25) is 0 Å². The van der Waals surface area contributed by atoms with Gasteiger partial charge in [-0.25, -0.2) is 4.79 Å². The highest BCUT2D eigenvalue weighted by atomic mass is 16.4. The third kappa shape index (κ3) is 5.39. The molecule has 1 aliphatic carbocycles. The van der Waals surface area contributed by atoms with Crippen molar-refractivity contribution in [2.75, 3.05) is 13.6 Å². The van der Waals surface area contributed by atoms with Gasteiger partial charge in [0.1, 0.15) is 0 Å². The van der Waals surface area contributed by atoms with Crippen molar-refractivity contribution in [3.8, 4) is 0 Å². The molecule has 0 spiro atoms. The number of carbonyl (C=O) groups excluding carboxylic acids is 1. The number of carboxylic acids is 1. The predicted octanol–water partition coefficient (Wildman–Crippen LogP) is 2.71. The number of carbonyl (C=O) groups is 2. The predicted molar refractivity (Wildman–Crippen MR) is 78.6 cm³/mol. The molecule has 2 atom stereocenters. The van der Waals surface area contributed by atoms with Gasteiger partial charge >= 0.3 is 12.0 Å². The van der Waals surface area contributed by atoms with Crippen molar-refractivity contribution >= 4 is 12.0 Å². The summed E-state index contributed by atoms with van der Waals surface area (Å²) in [5.74, 6) is 0.281. The van der Waals surface area contributed by atoms with Crippen molar-refractivity contribution < 1.29 is 14.7 Å². The fourth-order valence-electron chi connectivity index (χ4n) is 2.87. The molecule has 0 aromatic rings. The Morgan fingerprint density at radius 3 is 2.40 bits per heavy atom. The largest absolute Gasteiger partial charge is 0.481 e. The molecule has 5 nitrogen and oxygen atoms in total. The maximum atomic E-state index is 12.0. The van der Waals surface area contributed by atoms with E-state index in [2.05, 4.69) is 12.2 Å². The first-order chi connectivity index (χ1) is 9.41. The summed E-state index contributed by atoms with van der Waals surface area (Å²) in [6.07, 6.45) is 6.44. The first-order valence-electron chi connectivity index (χ1n) is 7.65. The fourth-order valence-corrected chi connectivity index (χ4v) is 2.87. The van der Waals surface area contributed by atoms with Crippen LogP contribution in [-0.2, 0) is 4.79 Å². The molecule has 2 unspecified atom stereocenters. The molecule has 5 heteroatoms. The number of nitrogens with zero attached hydrogens (tertiary/aromatic N) is 1. The van der Waals surface area contributed by atoms with E-state index in [0.717, 1.165) is 0 Å². The van der Waals surface area contributed by atoms with Crippen LogP contribution in [0.1, 0.15) is 52.4 Å². The molecule has 0 heterocycles. The number of hydrogen-bond donors (Lipinski definition) is 2. The van der Waals surface area contributed by atoms with Crippen LogP contribution >= 0.6 is 0 Å². The highest BCUT2D eigenvalue weighted by molar-refractivity contribution is 5.75. The van der Waals surface area contributed by atoms with E-state index >= 15 is 0 Å². The minimum Gasteiger partial charge on any atom is -0.481 e. The zero-order chi connectivity index (χ0) is 15.1. The molecular weight excluding hydrogens is 256 g/mol. The van der Waals surface area contributed by atoms with E-state index in [1.54, 1.807) is 7.05 Å². The lowest BCUT2D eigenvalue weighted by Crippen LogP contribution is -2.46. The number of amides is 2. The Morgan fingerprint density at radius 2 is 1.85 bits per heavy atom. The summed E-state index contributed by atoms with van der Waals surface area (Å²) in [5, 5.41) is 11.6. The van der Waals surface area contributed by atoms with E-state index in [4.69, 9.17) is 5.11 Å². The highest BCUT2D eigenvalue weighted by Gasteiger charge is 2.26. The quantitative estimate of drug-likeness (QED) is 0.788. The Labute approximate surface area is 121 Å². The van der Waals surface area contributed by atoms with Gasteiger partial charge in [-0.2, -0.15) is 0 Å². The zero-order valence-corrected chi connectivity index (χ0v) is 12.9. The summed E-state index contributed by atoms with van der Waals surface area (Å²) in [6.45, 7) is 4.49. The summed E-state index contributed by atoms with van der Waals surface area (Å²) in [5.41, 5.74) is 0. The van der Waals surface area contributed by atoms with Crippen molar-refractivity contribution in [3.63, 3.8) is 0 Å². The van der Waals surface area contributed by atoms with Crippen LogP contribution in [0.15, 0.2) is 0 Å². The van der Waals surface area contributed by atoms with Gasteiger partial charge < -0.3 is 15.3 Å². The third-order valence-corrected chi connectivity index (χ3v) is 4.54. The first-order valence-corrected chi connectivity index (χ1v) is 7.65. The van der Waals surface area contributed by atoms with Crippen LogP contribution in [0.25, 0.3) is 0 Å². The second kappa shape index (κ2) is 8.12. The molecule has 0 radical (unpaired) electrons. The van der Waals surface area contributed by atoms with E-state index < -0.39 is 5.97 Å². The van der Waals surface area contributed by atoms with Crippen molar-refractivity contribution in [2.45, 2.75) is 58.4 Å². The number of aliphatic carboxylic acids is 1. The van der Waals surface area contributed by atoms with Crippen molar-refractivity contribution in [1.82, 2.24) is 10.2 Å². The van der Waals surface area contributed by atoms with E-state index in [-0.39, 0.29) is 25.0 Å². The van der Waals surface area contributed by atoms with Crippen molar-refractivity contribution in [1.29, 1.82) is 0 Å². The molecule has 116 valence electrons. The summed E-state index contributed by atoms with van der Waals surface area (Å²) in [7, 11) is 1.64. The van der Waals surface area contributed by atoms with Crippen LogP contribution in [0.3, 0.4) is 0 Å². The lowest BCUT2D eigenvalue weighted by atomic mass is 9.78. The number of carboxylic acid groups (broad SMARTS) is 1. The smallest absolute Gasteiger partial charge is 0.317 e. The van der Waals surface area contributed by atoms with Gasteiger partial charge in [-0.1, -0.05) is 39.0 Å². The first kappa shape index (κ1) is 16.8. The molecule has 0 aliphatic heterocycles. The Balaban J connectivity index is 2.37. The van der Waals surface area contributed by atoms with Crippen LogP contribution < -0.4 is 5.32 Å². The van der Waals surface area contributed by atoms with E-state index in [1.807, 2.05) is 6.92 Å². The molecule has 0 saturated heterocycles. The Morgan fingerprint density at radius 1 is 1.25 bits per heavy atom. The average Bonchev–Trinajstić information content (AvgIpc) is 2.44. The Bertz CT molecular complexity index is 327. The second-order valence-corrected chi connectivity index (χ2v) is 6.06. The average molecular weight is 284 g/mol. The highest BCUT2D eigenvalue weighted by Crippen LogP contribution is 2.31. The number of hydrogen-bond acceptors (Lipinski definition) is 2. The van der Waals surface area contributed by atoms with Crippen molar-refractivity contribution in [2.24, 2.45) is 11.8 Å². The van der Waals surface area contributed by atoms with Gasteiger partial charge in [0.15, 0.2) is 0 Å². The van der Waals surface area contributed by atoms with Crippen LogP contribution in [-0.4, -0.2) is 41.6 Å². The fraction of sp³-hybridized carbons (Fsp3) is 0.867. The second-order valence-electron chi connectivity index (χ2n) is 6.06. The Kier molecular flexibility index (Phi) is 6.82.